The third-order valence-electron chi connectivity index (χ3n) is 4.93. The fraction of sp³-hybridized carbons (Fsp3) is 0.107. The van der Waals surface area contributed by atoms with Gasteiger partial charge in [0.2, 0.25) is 5.91 Å². The molecular weight excluding hydrogens is 412 g/mol. The van der Waals surface area contributed by atoms with E-state index < -0.39 is 0 Å². The van der Waals surface area contributed by atoms with Gasteiger partial charge in [0.25, 0.3) is 0 Å². The van der Waals surface area contributed by atoms with Crippen LogP contribution in [-0.2, 0) is 18.0 Å². The van der Waals surface area contributed by atoms with Crippen LogP contribution < -0.4 is 20.1 Å². The molecule has 4 aromatic rings. The first-order valence-corrected chi connectivity index (χ1v) is 10.8. The molecule has 5 nitrogen and oxygen atoms in total. The second kappa shape index (κ2) is 11.4. The summed E-state index contributed by atoms with van der Waals surface area (Å²) < 4.78 is 11.8. The average Bonchev–Trinajstić information content (AvgIpc) is 2.87. The van der Waals surface area contributed by atoms with E-state index in [2.05, 4.69) is 10.6 Å². The minimum absolute atomic E-state index is 0.112. The lowest BCUT2D eigenvalue weighted by molar-refractivity contribution is -0.114. The summed E-state index contributed by atoms with van der Waals surface area (Å²) >= 11 is 0. The number of amides is 1. The third kappa shape index (κ3) is 6.87. The topological polar surface area (TPSA) is 59.6 Å². The molecule has 166 valence electrons. The van der Waals surface area contributed by atoms with Crippen molar-refractivity contribution in [1.29, 1.82) is 0 Å². The van der Waals surface area contributed by atoms with Crippen LogP contribution in [0.3, 0.4) is 0 Å². The fourth-order valence-electron chi connectivity index (χ4n) is 3.26. The van der Waals surface area contributed by atoms with E-state index in [0.717, 1.165) is 16.8 Å². The Bertz CT molecular complexity index is 1160. The molecule has 0 saturated heterocycles. The Morgan fingerprint density at radius 1 is 0.667 bits per heavy atom. The van der Waals surface area contributed by atoms with Crippen LogP contribution in [0, 0.1) is 0 Å². The van der Waals surface area contributed by atoms with Crippen LogP contribution in [0.15, 0.2) is 109 Å². The minimum atomic E-state index is -0.159. The maximum Gasteiger partial charge on any atom is 0.243 e. The summed E-state index contributed by atoms with van der Waals surface area (Å²) in [5.74, 6) is 1.24. The van der Waals surface area contributed by atoms with Gasteiger partial charge in [-0.25, -0.2) is 0 Å². The van der Waals surface area contributed by atoms with E-state index in [9.17, 15) is 4.79 Å². The Labute approximate surface area is 194 Å². The van der Waals surface area contributed by atoms with E-state index >= 15 is 0 Å². The lowest BCUT2D eigenvalue weighted by atomic mass is 10.2. The molecule has 0 spiro atoms. The van der Waals surface area contributed by atoms with Crippen LogP contribution >= 0.6 is 0 Å². The maximum absolute atomic E-state index is 12.5. The summed E-state index contributed by atoms with van der Waals surface area (Å²) in [7, 11) is 0. The van der Waals surface area contributed by atoms with Crippen molar-refractivity contribution in [2.24, 2.45) is 0 Å². The van der Waals surface area contributed by atoms with Gasteiger partial charge in [-0.3, -0.25) is 4.79 Å². The first-order chi connectivity index (χ1) is 16.3. The van der Waals surface area contributed by atoms with Crippen molar-refractivity contribution < 1.29 is 14.3 Å². The normalized spacial score (nSPS) is 10.3. The highest BCUT2D eigenvalue weighted by atomic mass is 16.5. The molecule has 0 heterocycles. The molecule has 0 aliphatic carbocycles. The van der Waals surface area contributed by atoms with Crippen molar-refractivity contribution in [1.82, 2.24) is 0 Å². The molecule has 4 rings (SSSR count). The quantitative estimate of drug-likeness (QED) is 0.324. The van der Waals surface area contributed by atoms with E-state index in [1.807, 2.05) is 109 Å². The summed E-state index contributed by atoms with van der Waals surface area (Å²) in [5.41, 5.74) is 3.62. The predicted octanol–water partition coefficient (Wildman–Crippen LogP) is 5.90. The highest BCUT2D eigenvalue weighted by Gasteiger charge is 2.07. The number of rotatable bonds is 10. The highest BCUT2D eigenvalue weighted by Crippen LogP contribution is 2.25. The van der Waals surface area contributed by atoms with Crippen LogP contribution in [0.2, 0.25) is 0 Å². The van der Waals surface area contributed by atoms with E-state index in [-0.39, 0.29) is 12.5 Å². The number of benzene rings is 4. The monoisotopic (exact) mass is 438 g/mol. The van der Waals surface area contributed by atoms with E-state index in [4.69, 9.17) is 9.47 Å². The number of nitrogens with one attached hydrogen (secondary N) is 2. The molecule has 0 aliphatic rings. The Kier molecular flexibility index (Phi) is 7.58. The fourth-order valence-corrected chi connectivity index (χ4v) is 3.26. The summed E-state index contributed by atoms with van der Waals surface area (Å²) in [6.07, 6.45) is 0. The number of anilines is 2. The van der Waals surface area contributed by atoms with Gasteiger partial charge in [-0.05, 0) is 35.4 Å². The zero-order chi connectivity index (χ0) is 22.7. The molecule has 5 heteroatoms. The molecule has 1 amide bonds. The number of para-hydroxylation sites is 2. The van der Waals surface area contributed by atoms with Crippen molar-refractivity contribution in [2.45, 2.75) is 13.2 Å². The Morgan fingerprint density at radius 3 is 2.03 bits per heavy atom. The molecule has 0 bridgehead atoms. The van der Waals surface area contributed by atoms with Crippen molar-refractivity contribution >= 4 is 17.3 Å². The maximum atomic E-state index is 12.5. The number of hydrogen-bond donors (Lipinski definition) is 2. The smallest absolute Gasteiger partial charge is 0.243 e. The van der Waals surface area contributed by atoms with Crippen molar-refractivity contribution in [3.63, 3.8) is 0 Å². The van der Waals surface area contributed by atoms with Crippen LogP contribution in [0.5, 0.6) is 11.5 Å². The summed E-state index contributed by atoms with van der Waals surface area (Å²) in [6.45, 7) is 1.04. The van der Waals surface area contributed by atoms with Gasteiger partial charge in [0.15, 0.2) is 0 Å². The zero-order valence-electron chi connectivity index (χ0n) is 18.2. The average molecular weight is 439 g/mol. The molecule has 0 saturated carbocycles. The van der Waals surface area contributed by atoms with Gasteiger partial charge >= 0.3 is 0 Å². The van der Waals surface area contributed by atoms with Gasteiger partial charge in [-0.1, -0.05) is 78.9 Å². The molecule has 0 atom stereocenters. The summed E-state index contributed by atoms with van der Waals surface area (Å²) in [5, 5.41) is 6.07. The van der Waals surface area contributed by atoms with Gasteiger partial charge in [0.05, 0.1) is 12.2 Å². The minimum Gasteiger partial charge on any atom is -0.489 e. The predicted molar refractivity (Wildman–Crippen MR) is 132 cm³/mol. The lowest BCUT2D eigenvalue weighted by Gasteiger charge is -2.14. The second-order valence-electron chi connectivity index (χ2n) is 7.47. The molecule has 33 heavy (non-hydrogen) atoms. The standard InChI is InChI=1S/C28H26N2O3/c31-28(30-24-14-9-15-25(18-24)32-20-22-10-3-1-4-11-22)19-29-26-16-7-8-17-27(26)33-21-23-12-5-2-6-13-23/h1-18,29H,19-21H2,(H,30,31). The first-order valence-electron chi connectivity index (χ1n) is 10.8. The molecule has 0 aromatic heterocycles. The molecule has 0 radical (unpaired) electrons. The van der Waals surface area contributed by atoms with Gasteiger partial charge in [-0.2, -0.15) is 0 Å². The lowest BCUT2D eigenvalue weighted by Crippen LogP contribution is -2.22. The summed E-state index contributed by atoms with van der Waals surface area (Å²) in [6, 6.07) is 34.9. The van der Waals surface area contributed by atoms with Gasteiger partial charge in [-0.15, -0.1) is 0 Å². The van der Waals surface area contributed by atoms with Crippen molar-refractivity contribution in [3.8, 4) is 11.5 Å². The van der Waals surface area contributed by atoms with Crippen molar-refractivity contribution in [2.75, 3.05) is 17.2 Å². The zero-order valence-corrected chi connectivity index (χ0v) is 18.2. The largest absolute Gasteiger partial charge is 0.489 e. The van der Waals surface area contributed by atoms with Crippen LogP contribution in [0.25, 0.3) is 0 Å². The van der Waals surface area contributed by atoms with E-state index in [1.54, 1.807) is 0 Å². The molecule has 0 fully saturated rings. The molecule has 0 unspecified atom stereocenters. The van der Waals surface area contributed by atoms with Crippen LogP contribution in [0.4, 0.5) is 11.4 Å². The summed E-state index contributed by atoms with van der Waals surface area (Å²) in [4.78, 5) is 12.5. The molecule has 2 N–H and O–H groups in total. The molecular formula is C28H26N2O3. The highest BCUT2D eigenvalue weighted by molar-refractivity contribution is 5.94. The van der Waals surface area contributed by atoms with Gasteiger partial charge < -0.3 is 20.1 Å². The Balaban J connectivity index is 1.29. The number of carbonyl (C=O) groups is 1. The molecule has 0 aliphatic heterocycles. The Morgan fingerprint density at radius 2 is 1.30 bits per heavy atom. The number of ether oxygens (including phenoxy) is 2. The van der Waals surface area contributed by atoms with E-state index in [1.165, 1.54) is 0 Å². The van der Waals surface area contributed by atoms with E-state index in [0.29, 0.717) is 30.4 Å². The SMILES string of the molecule is O=C(CNc1ccccc1OCc1ccccc1)Nc1cccc(OCc2ccccc2)c1. The van der Waals surface area contributed by atoms with Crippen molar-refractivity contribution in [3.05, 3.63) is 120 Å². The first kappa shape index (κ1) is 22.0. The van der Waals surface area contributed by atoms with Crippen LogP contribution in [-0.4, -0.2) is 12.5 Å². The van der Waals surface area contributed by atoms with Crippen LogP contribution in [0.1, 0.15) is 11.1 Å². The van der Waals surface area contributed by atoms with Gasteiger partial charge in [0.1, 0.15) is 24.7 Å². The molecule has 4 aromatic carbocycles. The van der Waals surface area contributed by atoms with Gasteiger partial charge in [0, 0.05) is 11.8 Å². The number of hydrogen-bond acceptors (Lipinski definition) is 4. The number of carbonyl (C=O) groups excluding carboxylic acids is 1. The Hall–Kier alpha value is -4.25. The third-order valence-corrected chi connectivity index (χ3v) is 4.93. The second-order valence-corrected chi connectivity index (χ2v) is 7.47.